The number of benzene rings is 2. The Morgan fingerprint density at radius 2 is 1.57 bits per heavy atom. The van der Waals surface area contributed by atoms with E-state index < -0.39 is 17.8 Å². The zero-order chi connectivity index (χ0) is 21.3. The van der Waals surface area contributed by atoms with E-state index >= 15 is 0 Å². The molecule has 0 aliphatic heterocycles. The van der Waals surface area contributed by atoms with Gasteiger partial charge in [-0.1, -0.05) is 18.2 Å². The number of ether oxygens (including phenoxy) is 1. The van der Waals surface area contributed by atoms with Gasteiger partial charge in [0, 0.05) is 28.8 Å². The molecule has 0 heterocycles. The summed E-state index contributed by atoms with van der Waals surface area (Å²) >= 11 is 0. The SMILES string of the molecule is COc1cccc(C(=O)Nc2ccc(NC(=O)[C@@H]3[C@@H](C(=O)[O-])[C@H]4C=C[C@@H]3C4)cc2)c1. The highest BCUT2D eigenvalue weighted by atomic mass is 16.5. The van der Waals surface area contributed by atoms with Crippen LogP contribution in [0.2, 0.25) is 0 Å². The number of allylic oxidation sites excluding steroid dienone is 2. The van der Waals surface area contributed by atoms with Gasteiger partial charge in [0.15, 0.2) is 0 Å². The van der Waals surface area contributed by atoms with Gasteiger partial charge in [-0.3, -0.25) is 9.59 Å². The first-order valence-corrected chi connectivity index (χ1v) is 9.72. The van der Waals surface area contributed by atoms with Crippen molar-refractivity contribution < 1.29 is 24.2 Å². The lowest BCUT2D eigenvalue weighted by atomic mass is 9.82. The van der Waals surface area contributed by atoms with Crippen molar-refractivity contribution in [2.45, 2.75) is 6.42 Å². The Balaban J connectivity index is 1.40. The molecule has 1 saturated carbocycles. The topological polar surface area (TPSA) is 108 Å². The Hall–Kier alpha value is -3.61. The van der Waals surface area contributed by atoms with Gasteiger partial charge in [0.2, 0.25) is 5.91 Å². The highest BCUT2D eigenvalue weighted by Crippen LogP contribution is 2.48. The number of fused-ring (bicyclic) bond motifs is 2. The molecule has 2 aromatic carbocycles. The van der Waals surface area contributed by atoms with Crippen molar-refractivity contribution in [1.29, 1.82) is 0 Å². The number of anilines is 2. The average molecular weight is 405 g/mol. The second-order valence-electron chi connectivity index (χ2n) is 7.57. The van der Waals surface area contributed by atoms with E-state index in [4.69, 9.17) is 4.74 Å². The predicted octanol–water partition coefficient (Wildman–Crippen LogP) is 2.07. The molecule has 2 N–H and O–H groups in total. The molecule has 4 rings (SSSR count). The van der Waals surface area contributed by atoms with Gasteiger partial charge in [-0.2, -0.15) is 0 Å². The quantitative estimate of drug-likeness (QED) is 0.716. The van der Waals surface area contributed by atoms with Gasteiger partial charge < -0.3 is 25.3 Å². The molecule has 2 aliphatic carbocycles. The van der Waals surface area contributed by atoms with Crippen molar-refractivity contribution in [2.24, 2.45) is 23.7 Å². The largest absolute Gasteiger partial charge is 0.550 e. The lowest BCUT2D eigenvalue weighted by molar-refractivity contribution is -0.313. The molecule has 0 aromatic heterocycles. The lowest BCUT2D eigenvalue weighted by Crippen LogP contribution is -2.42. The fourth-order valence-corrected chi connectivity index (χ4v) is 4.33. The average Bonchev–Trinajstić information content (AvgIpc) is 3.37. The molecular weight excluding hydrogens is 384 g/mol. The van der Waals surface area contributed by atoms with E-state index in [1.165, 1.54) is 7.11 Å². The lowest BCUT2D eigenvalue weighted by Gasteiger charge is -2.27. The second-order valence-corrected chi connectivity index (χ2v) is 7.57. The molecule has 154 valence electrons. The Bertz CT molecular complexity index is 1010. The normalized spacial score (nSPS) is 23.8. The highest BCUT2D eigenvalue weighted by Gasteiger charge is 2.48. The Morgan fingerprint density at radius 1 is 0.933 bits per heavy atom. The number of carbonyl (C=O) groups is 3. The van der Waals surface area contributed by atoms with Crippen LogP contribution in [0, 0.1) is 23.7 Å². The zero-order valence-corrected chi connectivity index (χ0v) is 16.3. The van der Waals surface area contributed by atoms with Crippen LogP contribution >= 0.6 is 0 Å². The number of carbonyl (C=O) groups excluding carboxylic acids is 3. The van der Waals surface area contributed by atoms with Gasteiger partial charge in [-0.15, -0.1) is 0 Å². The smallest absolute Gasteiger partial charge is 0.255 e. The minimum atomic E-state index is -1.18. The third kappa shape index (κ3) is 3.78. The van der Waals surface area contributed by atoms with E-state index in [0.717, 1.165) is 0 Å². The maximum atomic E-state index is 12.7. The third-order valence-corrected chi connectivity index (χ3v) is 5.78. The monoisotopic (exact) mass is 405 g/mol. The maximum absolute atomic E-state index is 12.7. The summed E-state index contributed by atoms with van der Waals surface area (Å²) in [5, 5.41) is 17.1. The van der Waals surface area contributed by atoms with Crippen LogP contribution in [-0.2, 0) is 9.59 Å². The third-order valence-electron chi connectivity index (χ3n) is 5.78. The molecule has 0 saturated heterocycles. The summed E-state index contributed by atoms with van der Waals surface area (Å²) < 4.78 is 5.13. The second kappa shape index (κ2) is 8.02. The molecule has 0 unspecified atom stereocenters. The summed E-state index contributed by atoms with van der Waals surface area (Å²) in [5.74, 6) is -2.82. The summed E-state index contributed by atoms with van der Waals surface area (Å²) in [5.41, 5.74) is 1.56. The van der Waals surface area contributed by atoms with Crippen molar-refractivity contribution in [3.05, 3.63) is 66.2 Å². The van der Waals surface area contributed by atoms with Crippen LogP contribution in [0.3, 0.4) is 0 Å². The number of hydrogen-bond donors (Lipinski definition) is 2. The number of carboxylic acids is 1. The minimum Gasteiger partial charge on any atom is -0.550 e. The number of nitrogens with one attached hydrogen (secondary N) is 2. The molecule has 2 amide bonds. The fraction of sp³-hybridized carbons (Fsp3) is 0.261. The van der Waals surface area contributed by atoms with Crippen LogP contribution in [0.4, 0.5) is 11.4 Å². The molecule has 7 nitrogen and oxygen atoms in total. The molecule has 0 radical (unpaired) electrons. The fourth-order valence-electron chi connectivity index (χ4n) is 4.33. The van der Waals surface area contributed by atoms with E-state index in [9.17, 15) is 19.5 Å². The standard InChI is InChI=1S/C23H22N2O5/c1-30-18-4-2-3-15(12-18)21(26)24-16-7-9-17(10-8-16)25-22(27)19-13-5-6-14(11-13)20(19)23(28)29/h2-10,12-14,19-20H,11H2,1H3,(H,24,26)(H,25,27)(H,28,29)/p-1/t13-,14+,19+,20+/m1/s1. The van der Waals surface area contributed by atoms with Gasteiger partial charge in [0.25, 0.3) is 5.91 Å². The van der Waals surface area contributed by atoms with E-state index in [0.29, 0.717) is 29.1 Å². The number of amides is 2. The molecular formula is C23H21N2O5-. The Kier molecular flexibility index (Phi) is 5.27. The number of carboxylic acid groups (broad SMARTS) is 1. The molecule has 30 heavy (non-hydrogen) atoms. The van der Waals surface area contributed by atoms with Crippen LogP contribution in [0.5, 0.6) is 5.75 Å². The summed E-state index contributed by atoms with van der Waals surface area (Å²) in [7, 11) is 1.53. The van der Waals surface area contributed by atoms with E-state index in [1.54, 1.807) is 48.5 Å². The van der Waals surface area contributed by atoms with Gasteiger partial charge in [-0.25, -0.2) is 0 Å². The predicted molar refractivity (Wildman–Crippen MR) is 109 cm³/mol. The van der Waals surface area contributed by atoms with Crippen molar-refractivity contribution in [3.8, 4) is 5.75 Å². The van der Waals surface area contributed by atoms with Crippen molar-refractivity contribution in [3.63, 3.8) is 0 Å². The first kappa shape index (κ1) is 19.7. The van der Waals surface area contributed by atoms with Crippen molar-refractivity contribution in [2.75, 3.05) is 17.7 Å². The first-order chi connectivity index (χ1) is 14.5. The van der Waals surface area contributed by atoms with E-state index in [2.05, 4.69) is 10.6 Å². The molecule has 2 bridgehead atoms. The van der Waals surface area contributed by atoms with Crippen LogP contribution in [0.1, 0.15) is 16.8 Å². The summed E-state index contributed by atoms with van der Waals surface area (Å²) in [4.78, 5) is 36.6. The van der Waals surface area contributed by atoms with Crippen LogP contribution in [0.15, 0.2) is 60.7 Å². The zero-order valence-electron chi connectivity index (χ0n) is 16.3. The maximum Gasteiger partial charge on any atom is 0.255 e. The van der Waals surface area contributed by atoms with Crippen LogP contribution < -0.4 is 20.5 Å². The number of aliphatic carboxylic acids is 1. The van der Waals surface area contributed by atoms with Crippen molar-refractivity contribution in [1.82, 2.24) is 0 Å². The summed E-state index contributed by atoms with van der Waals surface area (Å²) in [6.07, 6.45) is 4.46. The van der Waals surface area contributed by atoms with Gasteiger partial charge in [-0.05, 0) is 60.7 Å². The van der Waals surface area contributed by atoms with Crippen LogP contribution in [-0.4, -0.2) is 24.9 Å². The Labute approximate surface area is 173 Å². The molecule has 7 heteroatoms. The van der Waals surface area contributed by atoms with E-state index in [-0.39, 0.29) is 23.7 Å². The molecule has 0 spiro atoms. The highest BCUT2D eigenvalue weighted by molar-refractivity contribution is 6.04. The molecule has 2 aromatic rings. The molecule has 4 atom stereocenters. The van der Waals surface area contributed by atoms with Gasteiger partial charge in [0.05, 0.1) is 13.0 Å². The number of rotatable bonds is 6. The summed E-state index contributed by atoms with van der Waals surface area (Å²) in [6.45, 7) is 0. The van der Waals surface area contributed by atoms with Gasteiger partial charge >= 0.3 is 0 Å². The van der Waals surface area contributed by atoms with E-state index in [1.807, 2.05) is 12.2 Å². The number of methoxy groups -OCH3 is 1. The summed E-state index contributed by atoms with van der Waals surface area (Å²) in [6, 6.07) is 13.5. The van der Waals surface area contributed by atoms with Gasteiger partial charge in [0.1, 0.15) is 5.75 Å². The minimum absolute atomic E-state index is 0.0701. The Morgan fingerprint density at radius 3 is 2.20 bits per heavy atom. The number of hydrogen-bond acceptors (Lipinski definition) is 5. The molecule has 2 aliphatic rings. The molecule has 1 fully saturated rings. The first-order valence-electron chi connectivity index (χ1n) is 9.72. The van der Waals surface area contributed by atoms with Crippen molar-refractivity contribution >= 4 is 29.2 Å². The van der Waals surface area contributed by atoms with Crippen LogP contribution in [0.25, 0.3) is 0 Å².